The molecule has 102 valence electrons. The Labute approximate surface area is 118 Å². The summed E-state index contributed by atoms with van der Waals surface area (Å²) in [6, 6.07) is 4.22. The average molecular weight is 329 g/mol. The molecule has 0 radical (unpaired) electrons. The first kappa shape index (κ1) is 15.4. The van der Waals surface area contributed by atoms with Crippen LogP contribution in [0.4, 0.5) is 0 Å². The maximum absolute atomic E-state index is 11.7. The van der Waals surface area contributed by atoms with Gasteiger partial charge in [-0.25, -0.2) is 9.59 Å². The monoisotopic (exact) mass is 328 g/mol. The van der Waals surface area contributed by atoms with Crippen molar-refractivity contribution in [2.75, 3.05) is 11.9 Å². The molecule has 19 heavy (non-hydrogen) atoms. The minimum Gasteiger partial charge on any atom is -0.478 e. The fourth-order valence-electron chi connectivity index (χ4n) is 1.54. The number of carboxylic acids is 1. The molecule has 0 aliphatic rings. The van der Waals surface area contributed by atoms with Crippen molar-refractivity contribution in [3.8, 4) is 0 Å². The summed E-state index contributed by atoms with van der Waals surface area (Å²) in [5.74, 6) is -1.97. The van der Waals surface area contributed by atoms with Crippen molar-refractivity contribution in [1.29, 1.82) is 0 Å². The number of hydrogen-bond acceptors (Lipinski definition) is 4. The molecule has 0 heterocycles. The highest BCUT2D eigenvalue weighted by molar-refractivity contribution is 9.09. The summed E-state index contributed by atoms with van der Waals surface area (Å²) in [6.07, 6.45) is 0.136. The highest BCUT2D eigenvalue weighted by atomic mass is 79.9. The molecule has 0 atom stereocenters. The average Bonchev–Trinajstić information content (AvgIpc) is 2.38. The minimum atomic E-state index is -1.21. The number of hydrogen-bond donors (Lipinski definition) is 1. The van der Waals surface area contributed by atoms with Gasteiger partial charge in [-0.1, -0.05) is 22.0 Å². The summed E-state index contributed by atoms with van der Waals surface area (Å²) in [5, 5.41) is 9.23. The second-order valence-electron chi connectivity index (χ2n) is 3.75. The van der Waals surface area contributed by atoms with E-state index in [0.717, 1.165) is 0 Å². The first-order chi connectivity index (χ1) is 8.99. The van der Waals surface area contributed by atoms with Gasteiger partial charge in [-0.15, -0.1) is 0 Å². The van der Waals surface area contributed by atoms with E-state index in [2.05, 4.69) is 15.9 Å². The predicted molar refractivity (Wildman–Crippen MR) is 71.9 cm³/mol. The van der Waals surface area contributed by atoms with Gasteiger partial charge in [0, 0.05) is 6.42 Å². The Kier molecular flexibility index (Phi) is 5.69. The van der Waals surface area contributed by atoms with Crippen LogP contribution in [0.15, 0.2) is 18.2 Å². The van der Waals surface area contributed by atoms with Gasteiger partial charge in [0.15, 0.2) is 0 Å². The number of rotatable bonds is 6. The number of ether oxygens (including phenoxy) is 1. The topological polar surface area (TPSA) is 80.7 Å². The van der Waals surface area contributed by atoms with E-state index in [0.29, 0.717) is 5.56 Å². The van der Waals surface area contributed by atoms with Crippen molar-refractivity contribution < 1.29 is 24.2 Å². The molecule has 6 heteroatoms. The van der Waals surface area contributed by atoms with E-state index in [-0.39, 0.29) is 35.3 Å². The van der Waals surface area contributed by atoms with Gasteiger partial charge in [-0.2, -0.15) is 0 Å². The van der Waals surface area contributed by atoms with Gasteiger partial charge in [0.2, 0.25) is 0 Å². The zero-order valence-electron chi connectivity index (χ0n) is 10.3. The van der Waals surface area contributed by atoms with Gasteiger partial charge < -0.3 is 9.84 Å². The number of ketones is 1. The lowest BCUT2D eigenvalue weighted by Gasteiger charge is -2.08. The van der Waals surface area contributed by atoms with Crippen LogP contribution in [-0.2, 0) is 16.0 Å². The lowest BCUT2D eigenvalue weighted by Crippen LogP contribution is -2.13. The predicted octanol–water partition coefficient (Wildman–Crippen LogP) is 2.07. The summed E-state index contributed by atoms with van der Waals surface area (Å²) in [5.41, 5.74) is 0.417. The SMILES string of the molecule is CCOC(=O)c1cc(CC(=O)CBr)ccc1C(=O)O. The molecule has 1 aromatic carbocycles. The van der Waals surface area contributed by atoms with E-state index >= 15 is 0 Å². The van der Waals surface area contributed by atoms with Gasteiger partial charge in [-0.3, -0.25) is 4.79 Å². The maximum Gasteiger partial charge on any atom is 0.339 e. The Morgan fingerprint density at radius 3 is 2.47 bits per heavy atom. The number of carboxylic acid groups (broad SMARTS) is 1. The van der Waals surface area contributed by atoms with Crippen molar-refractivity contribution in [1.82, 2.24) is 0 Å². The lowest BCUT2D eigenvalue weighted by atomic mass is 10.0. The molecule has 1 rings (SSSR count). The van der Waals surface area contributed by atoms with Crippen LogP contribution in [-0.4, -0.2) is 34.8 Å². The lowest BCUT2D eigenvalue weighted by molar-refractivity contribution is -0.115. The molecular weight excluding hydrogens is 316 g/mol. The highest BCUT2D eigenvalue weighted by Gasteiger charge is 2.18. The van der Waals surface area contributed by atoms with Crippen molar-refractivity contribution in [3.05, 3.63) is 34.9 Å². The largest absolute Gasteiger partial charge is 0.478 e. The first-order valence-electron chi connectivity index (χ1n) is 5.60. The Bertz CT molecular complexity index is 510. The molecule has 0 bridgehead atoms. The van der Waals surface area contributed by atoms with Crippen LogP contribution in [0.5, 0.6) is 0 Å². The number of benzene rings is 1. The van der Waals surface area contributed by atoms with Crippen LogP contribution in [0.25, 0.3) is 0 Å². The second kappa shape index (κ2) is 7.04. The molecular formula is C13H13BrO5. The molecule has 0 aliphatic carbocycles. The van der Waals surface area contributed by atoms with Crippen LogP contribution in [0.3, 0.4) is 0 Å². The third kappa shape index (κ3) is 4.17. The molecule has 0 unspecified atom stereocenters. The Hall–Kier alpha value is -1.69. The number of aromatic carboxylic acids is 1. The molecule has 1 aromatic rings. The highest BCUT2D eigenvalue weighted by Crippen LogP contribution is 2.15. The molecule has 0 spiro atoms. The molecule has 5 nitrogen and oxygen atoms in total. The fourth-order valence-corrected chi connectivity index (χ4v) is 1.74. The minimum absolute atomic E-state index is 0.0331. The molecule has 0 saturated heterocycles. The fraction of sp³-hybridized carbons (Fsp3) is 0.308. The third-order valence-electron chi connectivity index (χ3n) is 2.36. The second-order valence-corrected chi connectivity index (χ2v) is 4.32. The smallest absolute Gasteiger partial charge is 0.339 e. The number of alkyl halides is 1. The Balaban J connectivity index is 3.14. The van der Waals surface area contributed by atoms with E-state index in [1.54, 1.807) is 6.92 Å². The van der Waals surface area contributed by atoms with Gasteiger partial charge in [0.05, 0.1) is 23.1 Å². The summed E-state index contributed by atoms with van der Waals surface area (Å²) in [7, 11) is 0. The molecule has 0 aliphatic heterocycles. The van der Waals surface area contributed by atoms with E-state index < -0.39 is 11.9 Å². The van der Waals surface area contributed by atoms with Crippen molar-refractivity contribution in [2.45, 2.75) is 13.3 Å². The number of carbonyl (C=O) groups excluding carboxylic acids is 2. The number of esters is 1. The molecule has 0 fully saturated rings. The van der Waals surface area contributed by atoms with E-state index in [9.17, 15) is 14.4 Å². The molecule has 1 N–H and O–H groups in total. The third-order valence-corrected chi connectivity index (χ3v) is 2.99. The van der Waals surface area contributed by atoms with Gasteiger partial charge >= 0.3 is 11.9 Å². The quantitative estimate of drug-likeness (QED) is 0.638. The summed E-state index contributed by atoms with van der Waals surface area (Å²) in [4.78, 5) is 34.1. The van der Waals surface area contributed by atoms with Crippen LogP contribution in [0, 0.1) is 0 Å². The van der Waals surface area contributed by atoms with Crippen LogP contribution < -0.4 is 0 Å². The van der Waals surface area contributed by atoms with Crippen LogP contribution in [0.2, 0.25) is 0 Å². The van der Waals surface area contributed by atoms with Crippen molar-refractivity contribution >= 4 is 33.7 Å². The first-order valence-corrected chi connectivity index (χ1v) is 6.72. The summed E-state index contributed by atoms with van der Waals surface area (Å²) >= 11 is 3.05. The normalized spacial score (nSPS) is 10.0. The maximum atomic E-state index is 11.7. The number of Topliss-reactive ketones (excluding diaryl/α,β-unsaturated/α-hetero) is 1. The van der Waals surface area contributed by atoms with E-state index in [1.165, 1.54) is 18.2 Å². The van der Waals surface area contributed by atoms with Crippen molar-refractivity contribution in [2.24, 2.45) is 0 Å². The summed E-state index contributed by atoms with van der Waals surface area (Å²) in [6.45, 7) is 1.79. The van der Waals surface area contributed by atoms with Crippen LogP contribution in [0.1, 0.15) is 33.2 Å². The van der Waals surface area contributed by atoms with Gasteiger partial charge in [0.25, 0.3) is 0 Å². The van der Waals surface area contributed by atoms with Crippen LogP contribution >= 0.6 is 15.9 Å². The Morgan fingerprint density at radius 1 is 1.26 bits per heavy atom. The molecule has 0 amide bonds. The number of halogens is 1. The molecule has 0 aromatic heterocycles. The standard InChI is InChI=1S/C13H13BrO5/c1-2-19-13(18)11-6-8(5-9(15)7-14)3-4-10(11)12(16)17/h3-4,6H,2,5,7H2,1H3,(H,16,17). The van der Waals surface area contributed by atoms with Gasteiger partial charge in [0.1, 0.15) is 5.78 Å². The zero-order chi connectivity index (χ0) is 14.4. The zero-order valence-corrected chi connectivity index (χ0v) is 11.9. The van der Waals surface area contributed by atoms with Crippen molar-refractivity contribution in [3.63, 3.8) is 0 Å². The van der Waals surface area contributed by atoms with E-state index in [4.69, 9.17) is 9.84 Å². The molecule has 0 saturated carbocycles. The van der Waals surface area contributed by atoms with E-state index in [1.807, 2.05) is 0 Å². The summed E-state index contributed by atoms with van der Waals surface area (Å²) < 4.78 is 4.81. The Morgan fingerprint density at radius 2 is 1.95 bits per heavy atom. The van der Waals surface area contributed by atoms with Gasteiger partial charge in [-0.05, 0) is 24.6 Å². The number of carbonyl (C=O) groups is 3.